The summed E-state index contributed by atoms with van der Waals surface area (Å²) < 4.78 is 26.6. The average Bonchev–Trinajstić information content (AvgIpc) is 3.00. The van der Waals surface area contributed by atoms with Crippen LogP contribution in [-0.4, -0.2) is 30.6 Å². The summed E-state index contributed by atoms with van der Waals surface area (Å²) in [5.74, 6) is 0. The lowest BCUT2D eigenvalue weighted by molar-refractivity contribution is 0.260. The topological polar surface area (TPSA) is 63.4 Å². The van der Waals surface area contributed by atoms with Crippen molar-refractivity contribution in [1.29, 1.82) is 0 Å². The van der Waals surface area contributed by atoms with Gasteiger partial charge in [0.05, 0.1) is 4.90 Å². The Balaban J connectivity index is 1.77. The molecule has 1 aliphatic carbocycles. The van der Waals surface area contributed by atoms with E-state index in [1.54, 1.807) is 28.6 Å². The maximum atomic E-state index is 12.5. The van der Waals surface area contributed by atoms with Gasteiger partial charge in [-0.2, -0.15) is 4.31 Å². The van der Waals surface area contributed by atoms with Crippen LogP contribution in [0.3, 0.4) is 0 Å². The number of rotatable bonds is 2. The summed E-state index contributed by atoms with van der Waals surface area (Å²) in [6.45, 7) is 1.24. The van der Waals surface area contributed by atoms with E-state index in [0.29, 0.717) is 33.9 Å². The number of piperidine rings is 1. The summed E-state index contributed by atoms with van der Waals surface area (Å²) in [6, 6.07) is 6.43. The molecule has 19 heavy (non-hydrogen) atoms. The largest absolute Gasteiger partial charge is 0.399 e. The predicted molar refractivity (Wildman–Crippen MR) is 78.6 cm³/mol. The normalized spacial score (nSPS) is 26.5. The van der Waals surface area contributed by atoms with Crippen molar-refractivity contribution in [3.8, 4) is 0 Å². The molecule has 4 nitrogen and oxygen atoms in total. The van der Waals surface area contributed by atoms with Crippen molar-refractivity contribution in [1.82, 2.24) is 4.31 Å². The number of hydrogen-bond acceptors (Lipinski definition) is 3. The molecule has 1 atom stereocenters. The van der Waals surface area contributed by atoms with Crippen LogP contribution in [-0.2, 0) is 10.0 Å². The Morgan fingerprint density at radius 3 is 2.21 bits per heavy atom. The summed E-state index contributed by atoms with van der Waals surface area (Å²) in [6.07, 6.45) is 3.09. The number of benzene rings is 1. The maximum Gasteiger partial charge on any atom is 0.243 e. The van der Waals surface area contributed by atoms with Gasteiger partial charge in [-0.3, -0.25) is 0 Å². The Bertz CT molecular complexity index is 577. The number of halogens is 1. The van der Waals surface area contributed by atoms with Crippen LogP contribution < -0.4 is 5.73 Å². The molecule has 1 aromatic rings. The number of sulfonamides is 1. The molecule has 2 aliphatic rings. The second-order valence-electron chi connectivity index (χ2n) is 5.51. The second kappa shape index (κ2) is 4.46. The molecular weight excluding hydrogens is 328 g/mol. The van der Waals surface area contributed by atoms with E-state index in [1.165, 1.54) is 6.42 Å². The summed E-state index contributed by atoms with van der Waals surface area (Å²) in [4.78, 5) is 0.921. The van der Waals surface area contributed by atoms with E-state index in [-0.39, 0.29) is 0 Å². The van der Waals surface area contributed by atoms with Crippen molar-refractivity contribution in [3.63, 3.8) is 0 Å². The molecular formula is C13H17BrN2O2S. The third kappa shape index (κ3) is 2.30. The Labute approximate surface area is 122 Å². The van der Waals surface area contributed by atoms with Gasteiger partial charge in [-0.1, -0.05) is 15.9 Å². The van der Waals surface area contributed by atoms with Crippen LogP contribution in [0.2, 0.25) is 0 Å². The van der Waals surface area contributed by atoms with Gasteiger partial charge in [0, 0.05) is 23.6 Å². The standard InChI is InChI=1S/C13H17BrN2O2S/c14-12-9-13(12)5-7-16(8-6-13)19(17,18)11-3-1-10(15)2-4-11/h1-4,12H,5-9,15H2. The summed E-state index contributed by atoms with van der Waals surface area (Å²) in [7, 11) is -3.36. The van der Waals surface area contributed by atoms with Gasteiger partial charge in [0.15, 0.2) is 0 Å². The van der Waals surface area contributed by atoms with Gasteiger partial charge in [-0.05, 0) is 48.9 Å². The lowest BCUT2D eigenvalue weighted by Gasteiger charge is -2.31. The molecule has 1 saturated heterocycles. The summed E-state index contributed by atoms with van der Waals surface area (Å²) in [5.41, 5.74) is 6.54. The highest BCUT2D eigenvalue weighted by Gasteiger charge is 2.54. The monoisotopic (exact) mass is 344 g/mol. The van der Waals surface area contributed by atoms with Gasteiger partial charge < -0.3 is 5.73 Å². The molecule has 1 aliphatic heterocycles. The first kappa shape index (κ1) is 13.4. The minimum atomic E-state index is -3.36. The Morgan fingerprint density at radius 1 is 1.21 bits per heavy atom. The molecule has 1 saturated carbocycles. The zero-order chi connectivity index (χ0) is 13.7. The van der Waals surface area contributed by atoms with Gasteiger partial charge in [0.25, 0.3) is 0 Å². The zero-order valence-electron chi connectivity index (χ0n) is 10.5. The highest BCUT2D eigenvalue weighted by molar-refractivity contribution is 9.09. The summed E-state index contributed by atoms with van der Waals surface area (Å²) >= 11 is 3.64. The lowest BCUT2D eigenvalue weighted by Crippen LogP contribution is -2.39. The van der Waals surface area contributed by atoms with Gasteiger partial charge in [-0.25, -0.2) is 8.42 Å². The first-order chi connectivity index (χ1) is 8.94. The van der Waals surface area contributed by atoms with E-state index in [2.05, 4.69) is 15.9 Å². The number of nitrogen functional groups attached to an aromatic ring is 1. The molecule has 1 unspecified atom stereocenters. The van der Waals surface area contributed by atoms with E-state index < -0.39 is 10.0 Å². The Morgan fingerprint density at radius 2 is 1.74 bits per heavy atom. The molecule has 104 valence electrons. The van der Waals surface area contributed by atoms with Crippen molar-refractivity contribution in [3.05, 3.63) is 24.3 Å². The van der Waals surface area contributed by atoms with Crippen molar-refractivity contribution in [2.75, 3.05) is 18.8 Å². The van der Waals surface area contributed by atoms with Gasteiger partial charge >= 0.3 is 0 Å². The third-order valence-corrected chi connectivity index (χ3v) is 7.53. The molecule has 1 aromatic carbocycles. The quantitative estimate of drug-likeness (QED) is 0.660. The molecule has 0 radical (unpaired) electrons. The van der Waals surface area contributed by atoms with Gasteiger partial charge in [-0.15, -0.1) is 0 Å². The Hall–Kier alpha value is -0.590. The fraction of sp³-hybridized carbons (Fsp3) is 0.538. The van der Waals surface area contributed by atoms with E-state index in [0.717, 1.165) is 12.8 Å². The molecule has 2 N–H and O–H groups in total. The van der Waals surface area contributed by atoms with Crippen LogP contribution in [0.25, 0.3) is 0 Å². The zero-order valence-corrected chi connectivity index (χ0v) is 13.0. The number of anilines is 1. The summed E-state index contributed by atoms with van der Waals surface area (Å²) in [5, 5.41) is 0. The number of alkyl halides is 1. The smallest absolute Gasteiger partial charge is 0.243 e. The molecule has 3 rings (SSSR count). The van der Waals surface area contributed by atoms with E-state index >= 15 is 0 Å². The van der Waals surface area contributed by atoms with Crippen molar-refractivity contribution in [2.24, 2.45) is 5.41 Å². The predicted octanol–water partition coefficient (Wildman–Crippen LogP) is 2.21. The molecule has 0 amide bonds. The fourth-order valence-electron chi connectivity index (χ4n) is 2.78. The van der Waals surface area contributed by atoms with Crippen molar-refractivity contribution < 1.29 is 8.42 Å². The SMILES string of the molecule is Nc1ccc(S(=O)(=O)N2CCC3(CC2)CC3Br)cc1. The maximum absolute atomic E-state index is 12.5. The van der Waals surface area contributed by atoms with Crippen LogP contribution in [0.5, 0.6) is 0 Å². The number of hydrogen-bond donors (Lipinski definition) is 1. The highest BCUT2D eigenvalue weighted by Crippen LogP contribution is 2.58. The van der Waals surface area contributed by atoms with E-state index in [9.17, 15) is 8.42 Å². The van der Waals surface area contributed by atoms with Crippen LogP contribution in [0.15, 0.2) is 29.2 Å². The minimum Gasteiger partial charge on any atom is -0.399 e. The highest BCUT2D eigenvalue weighted by atomic mass is 79.9. The van der Waals surface area contributed by atoms with Gasteiger partial charge in [0.2, 0.25) is 10.0 Å². The van der Waals surface area contributed by atoms with Crippen molar-refractivity contribution in [2.45, 2.75) is 29.0 Å². The lowest BCUT2D eigenvalue weighted by atomic mass is 9.95. The average molecular weight is 345 g/mol. The first-order valence-electron chi connectivity index (χ1n) is 6.44. The first-order valence-corrected chi connectivity index (χ1v) is 8.79. The van der Waals surface area contributed by atoms with Crippen LogP contribution in [0, 0.1) is 5.41 Å². The molecule has 1 spiro atoms. The minimum absolute atomic E-state index is 0.337. The Kier molecular flexibility index (Phi) is 3.15. The van der Waals surface area contributed by atoms with E-state index in [4.69, 9.17) is 5.73 Å². The van der Waals surface area contributed by atoms with Crippen LogP contribution >= 0.6 is 15.9 Å². The van der Waals surface area contributed by atoms with Crippen LogP contribution in [0.4, 0.5) is 5.69 Å². The van der Waals surface area contributed by atoms with Crippen LogP contribution in [0.1, 0.15) is 19.3 Å². The molecule has 1 heterocycles. The number of nitrogens with zero attached hydrogens (tertiary/aromatic N) is 1. The second-order valence-corrected chi connectivity index (χ2v) is 8.55. The number of nitrogens with two attached hydrogens (primary N) is 1. The molecule has 0 bridgehead atoms. The van der Waals surface area contributed by atoms with Crippen molar-refractivity contribution >= 4 is 31.6 Å². The fourth-order valence-corrected chi connectivity index (χ4v) is 5.32. The molecule has 6 heteroatoms. The third-order valence-electron chi connectivity index (χ3n) is 4.33. The van der Waals surface area contributed by atoms with Gasteiger partial charge in [0.1, 0.15) is 0 Å². The molecule has 2 fully saturated rings. The van der Waals surface area contributed by atoms with E-state index in [1.807, 2.05) is 0 Å². The molecule has 0 aromatic heterocycles.